The molecule has 3 rings (SSSR count). The van der Waals surface area contributed by atoms with Crippen LogP contribution in [0.4, 0.5) is 5.69 Å². The number of para-hydroxylation sites is 1. The van der Waals surface area contributed by atoms with Crippen LogP contribution in [0, 0.1) is 0 Å². The van der Waals surface area contributed by atoms with Gasteiger partial charge in [0.25, 0.3) is 0 Å². The van der Waals surface area contributed by atoms with Crippen molar-refractivity contribution in [3.63, 3.8) is 0 Å². The molecule has 0 saturated carbocycles. The Morgan fingerprint density at radius 1 is 0.938 bits per heavy atom. The zero-order valence-corrected chi connectivity index (χ0v) is 9.23. The third-order valence-electron chi connectivity index (χ3n) is 3.14. The maximum atomic E-state index is 5.49. The first-order valence-electron chi connectivity index (χ1n) is 5.83. The van der Waals surface area contributed by atoms with Crippen LogP contribution in [0.5, 0.6) is 0 Å². The van der Waals surface area contributed by atoms with Gasteiger partial charge in [-0.3, -0.25) is 0 Å². The van der Waals surface area contributed by atoms with Crippen LogP contribution in [0.2, 0.25) is 0 Å². The molecule has 2 aromatic rings. The third-order valence-corrected chi connectivity index (χ3v) is 3.14. The summed E-state index contributed by atoms with van der Waals surface area (Å²) in [6.07, 6.45) is 4.33. The van der Waals surface area contributed by atoms with Crippen molar-refractivity contribution < 1.29 is 4.42 Å². The van der Waals surface area contributed by atoms with Crippen molar-refractivity contribution >= 4 is 5.69 Å². The van der Waals surface area contributed by atoms with Crippen molar-refractivity contribution in [3.8, 4) is 11.3 Å². The maximum absolute atomic E-state index is 5.49. The van der Waals surface area contributed by atoms with Gasteiger partial charge in [-0.15, -0.1) is 0 Å². The Bertz CT molecular complexity index is 455. The molecule has 1 aromatic carbocycles. The van der Waals surface area contributed by atoms with E-state index >= 15 is 0 Å². The monoisotopic (exact) mass is 213 g/mol. The number of nitrogens with zero attached hydrogens (tertiary/aromatic N) is 1. The predicted octanol–water partition coefficient (Wildman–Crippen LogP) is 3.55. The van der Waals surface area contributed by atoms with Gasteiger partial charge in [0.05, 0.1) is 6.26 Å². The summed E-state index contributed by atoms with van der Waals surface area (Å²) >= 11 is 0. The molecule has 1 saturated heterocycles. The molecule has 0 N–H and O–H groups in total. The van der Waals surface area contributed by atoms with Gasteiger partial charge in [0, 0.05) is 24.3 Å². The molecule has 2 heterocycles. The first-order valence-corrected chi connectivity index (χ1v) is 5.83. The lowest BCUT2D eigenvalue weighted by atomic mass is 10.1. The summed E-state index contributed by atoms with van der Waals surface area (Å²) in [4.78, 5) is 2.44. The Kier molecular flexibility index (Phi) is 2.41. The number of hydrogen-bond acceptors (Lipinski definition) is 2. The van der Waals surface area contributed by atoms with E-state index in [9.17, 15) is 0 Å². The van der Waals surface area contributed by atoms with E-state index in [4.69, 9.17) is 4.42 Å². The van der Waals surface area contributed by atoms with Gasteiger partial charge in [0.15, 0.2) is 0 Å². The summed E-state index contributed by atoms with van der Waals surface area (Å²) in [6.45, 7) is 2.33. The lowest BCUT2D eigenvalue weighted by Gasteiger charge is -2.20. The van der Waals surface area contributed by atoms with Crippen LogP contribution in [0.1, 0.15) is 12.8 Å². The standard InChI is InChI=1S/C14H15NO/c1-2-7-13(15-9-3-4-10-15)12(6-1)14-8-5-11-16-14/h1-2,5-8,11H,3-4,9-10H2. The van der Waals surface area contributed by atoms with E-state index in [0.29, 0.717) is 0 Å². The molecular weight excluding hydrogens is 198 g/mol. The second kappa shape index (κ2) is 4.05. The second-order valence-electron chi connectivity index (χ2n) is 4.19. The molecule has 82 valence electrons. The van der Waals surface area contributed by atoms with Gasteiger partial charge in [-0.2, -0.15) is 0 Å². The molecule has 1 aromatic heterocycles. The van der Waals surface area contributed by atoms with Gasteiger partial charge >= 0.3 is 0 Å². The molecule has 0 unspecified atom stereocenters. The van der Waals surface area contributed by atoms with E-state index in [1.54, 1.807) is 6.26 Å². The van der Waals surface area contributed by atoms with E-state index in [1.165, 1.54) is 24.1 Å². The van der Waals surface area contributed by atoms with Crippen LogP contribution in [0.3, 0.4) is 0 Å². The van der Waals surface area contributed by atoms with E-state index in [1.807, 2.05) is 12.1 Å². The van der Waals surface area contributed by atoms with Crippen LogP contribution >= 0.6 is 0 Å². The van der Waals surface area contributed by atoms with Gasteiger partial charge < -0.3 is 9.32 Å². The zero-order chi connectivity index (χ0) is 10.8. The first kappa shape index (κ1) is 9.52. The van der Waals surface area contributed by atoms with Crippen molar-refractivity contribution in [2.75, 3.05) is 18.0 Å². The fourth-order valence-corrected chi connectivity index (χ4v) is 2.35. The fraction of sp³-hybridized carbons (Fsp3) is 0.286. The van der Waals surface area contributed by atoms with Crippen LogP contribution in [-0.2, 0) is 0 Å². The normalized spacial score (nSPS) is 15.6. The minimum atomic E-state index is 0.961. The van der Waals surface area contributed by atoms with Gasteiger partial charge in [-0.05, 0) is 37.1 Å². The number of rotatable bonds is 2. The van der Waals surface area contributed by atoms with Crippen LogP contribution in [0.15, 0.2) is 47.1 Å². The molecule has 16 heavy (non-hydrogen) atoms. The Hall–Kier alpha value is -1.70. The summed E-state index contributed by atoms with van der Waals surface area (Å²) in [5, 5.41) is 0. The first-order chi connectivity index (χ1) is 7.95. The highest BCUT2D eigenvalue weighted by Crippen LogP contribution is 2.32. The van der Waals surface area contributed by atoms with Crippen molar-refractivity contribution in [1.82, 2.24) is 0 Å². The van der Waals surface area contributed by atoms with Crippen molar-refractivity contribution in [2.45, 2.75) is 12.8 Å². The molecule has 0 amide bonds. The summed E-state index contributed by atoms with van der Waals surface area (Å²) in [7, 11) is 0. The lowest BCUT2D eigenvalue weighted by Crippen LogP contribution is -2.18. The third kappa shape index (κ3) is 1.60. The highest BCUT2D eigenvalue weighted by atomic mass is 16.3. The van der Waals surface area contributed by atoms with Crippen molar-refractivity contribution in [3.05, 3.63) is 42.7 Å². The lowest BCUT2D eigenvalue weighted by molar-refractivity contribution is 0.582. The summed E-state index contributed by atoms with van der Waals surface area (Å²) in [5.41, 5.74) is 2.50. The van der Waals surface area contributed by atoms with Gasteiger partial charge in [-0.1, -0.05) is 12.1 Å². The van der Waals surface area contributed by atoms with Crippen LogP contribution in [-0.4, -0.2) is 13.1 Å². The minimum Gasteiger partial charge on any atom is -0.464 e. The Morgan fingerprint density at radius 3 is 2.50 bits per heavy atom. The topological polar surface area (TPSA) is 16.4 Å². The van der Waals surface area contributed by atoms with E-state index in [-0.39, 0.29) is 0 Å². The molecule has 0 spiro atoms. The highest BCUT2D eigenvalue weighted by molar-refractivity contribution is 5.75. The molecule has 0 bridgehead atoms. The Labute approximate surface area is 95.5 Å². The fourth-order valence-electron chi connectivity index (χ4n) is 2.35. The average molecular weight is 213 g/mol. The molecule has 2 nitrogen and oxygen atoms in total. The Morgan fingerprint density at radius 2 is 1.75 bits per heavy atom. The highest BCUT2D eigenvalue weighted by Gasteiger charge is 2.16. The molecule has 0 aliphatic carbocycles. The molecule has 0 atom stereocenters. The molecule has 1 fully saturated rings. The van der Waals surface area contributed by atoms with Crippen molar-refractivity contribution in [1.29, 1.82) is 0 Å². The largest absolute Gasteiger partial charge is 0.464 e. The molecule has 1 aliphatic heterocycles. The van der Waals surface area contributed by atoms with E-state index < -0.39 is 0 Å². The van der Waals surface area contributed by atoms with E-state index in [0.717, 1.165) is 18.8 Å². The van der Waals surface area contributed by atoms with Gasteiger partial charge in [0.1, 0.15) is 5.76 Å². The smallest absolute Gasteiger partial charge is 0.135 e. The molecule has 2 heteroatoms. The van der Waals surface area contributed by atoms with Gasteiger partial charge in [0.2, 0.25) is 0 Å². The number of hydrogen-bond donors (Lipinski definition) is 0. The summed E-state index contributed by atoms with van der Waals surface area (Å²) < 4.78 is 5.49. The zero-order valence-electron chi connectivity index (χ0n) is 9.23. The molecular formula is C14H15NO. The summed E-state index contributed by atoms with van der Waals surface area (Å²) in [6, 6.07) is 12.4. The summed E-state index contributed by atoms with van der Waals surface area (Å²) in [5.74, 6) is 0.961. The van der Waals surface area contributed by atoms with Crippen LogP contribution in [0.25, 0.3) is 11.3 Å². The van der Waals surface area contributed by atoms with Gasteiger partial charge in [-0.25, -0.2) is 0 Å². The van der Waals surface area contributed by atoms with Crippen LogP contribution < -0.4 is 4.90 Å². The number of benzene rings is 1. The van der Waals surface area contributed by atoms with Crippen molar-refractivity contribution in [2.24, 2.45) is 0 Å². The minimum absolute atomic E-state index is 0.961. The van der Waals surface area contributed by atoms with E-state index in [2.05, 4.69) is 29.2 Å². The quantitative estimate of drug-likeness (QED) is 0.758. The molecule has 0 radical (unpaired) electrons. The maximum Gasteiger partial charge on any atom is 0.135 e. The number of furan rings is 1. The predicted molar refractivity (Wildman–Crippen MR) is 65.6 cm³/mol. The Balaban J connectivity index is 2.04. The number of anilines is 1. The SMILES string of the molecule is c1coc(-c2ccccc2N2CCCC2)c1. The average Bonchev–Trinajstić information content (AvgIpc) is 3.03. The second-order valence-corrected chi connectivity index (χ2v) is 4.19. The molecule has 1 aliphatic rings.